The zero-order valence-corrected chi connectivity index (χ0v) is 77.7. The summed E-state index contributed by atoms with van der Waals surface area (Å²) >= 11 is 27.0. The van der Waals surface area contributed by atoms with Crippen LogP contribution in [0.15, 0.2) is 201 Å². The predicted octanol–water partition coefficient (Wildman–Crippen LogP) is 12.1. The van der Waals surface area contributed by atoms with Crippen molar-refractivity contribution < 1.29 is 48.3 Å². The van der Waals surface area contributed by atoms with E-state index in [9.17, 15) is 67.4 Å². The monoisotopic (exact) mass is 1910 g/mol. The molecule has 0 aliphatic carbocycles. The molecule has 16 rings (SSSR count). The quantitative estimate of drug-likeness (QED) is 0.0371. The number of nitrogens with zero attached hydrogens (tertiary/aromatic N) is 12. The van der Waals surface area contributed by atoms with Gasteiger partial charge in [0.15, 0.2) is 6.29 Å². The molecule has 678 valence electrons. The third kappa shape index (κ3) is 23.5. The molecule has 8 aromatic heterocycles. The number of rotatable bonds is 23. The smallest absolute Gasteiger partial charge is 0.265 e. The zero-order chi connectivity index (χ0) is 94.3. The number of aliphatic hydroxyl groups is 1. The summed E-state index contributed by atoms with van der Waals surface area (Å²) in [5.74, 6) is -2.95. The molecule has 0 spiro atoms. The Morgan fingerprint density at radius 1 is 0.366 bits per heavy atom. The Labute approximate surface area is 780 Å². The molecule has 0 radical (unpaired) electrons. The highest BCUT2D eigenvalue weighted by Gasteiger charge is 2.41. The molecular formula is C96H95BrCl4N16O14. The van der Waals surface area contributed by atoms with E-state index in [2.05, 4.69) is 119 Å². The van der Waals surface area contributed by atoms with Gasteiger partial charge in [0.05, 0.1) is 6.61 Å². The second kappa shape index (κ2) is 40.2. The molecule has 4 aromatic carbocycles. The zero-order valence-electron chi connectivity index (χ0n) is 73.1. The van der Waals surface area contributed by atoms with Crippen LogP contribution in [0.2, 0.25) is 20.1 Å². The van der Waals surface area contributed by atoms with Gasteiger partial charge in [-0.05, 0) is 168 Å². The van der Waals surface area contributed by atoms with Crippen LogP contribution < -0.4 is 43.5 Å². The fourth-order valence-corrected chi connectivity index (χ4v) is 16.6. The van der Waals surface area contributed by atoms with Crippen molar-refractivity contribution in [3.05, 3.63) is 304 Å². The Bertz CT molecular complexity index is 6560. The van der Waals surface area contributed by atoms with E-state index >= 15 is 0 Å². The number of aromatic nitrogens is 8. The van der Waals surface area contributed by atoms with Crippen molar-refractivity contribution in [3.8, 4) is 0 Å². The number of hydrogen-bond donors (Lipinski definition) is 5. The number of amides is 8. The maximum absolute atomic E-state index is 13.3. The lowest BCUT2D eigenvalue weighted by molar-refractivity contribution is -0.142. The summed E-state index contributed by atoms with van der Waals surface area (Å²) in [7, 11) is 0. The van der Waals surface area contributed by atoms with Crippen molar-refractivity contribution >= 4 is 166 Å². The molecule has 4 fully saturated rings. The number of aliphatic hydroxyl groups excluding tert-OH is 1. The Hall–Kier alpha value is -12.9. The molecule has 30 nitrogen and oxygen atoms in total. The normalized spacial score (nSPS) is 14.7. The Balaban J connectivity index is 0.000000149. The summed E-state index contributed by atoms with van der Waals surface area (Å²) in [4.78, 5) is 191. The molecule has 0 unspecified atom stereocenters. The molecule has 4 saturated heterocycles. The van der Waals surface area contributed by atoms with Crippen LogP contribution in [0.3, 0.4) is 0 Å². The molecular weight excluding hydrogens is 1820 g/mol. The topological polar surface area (TPSA) is 374 Å². The Kier molecular flexibility index (Phi) is 29.4. The molecule has 5 N–H and O–H groups in total. The first-order valence-corrected chi connectivity index (χ1v) is 44.1. The summed E-state index contributed by atoms with van der Waals surface area (Å²) in [5.41, 5.74) is 3.82. The lowest BCUT2D eigenvalue weighted by Crippen LogP contribution is -2.56. The van der Waals surface area contributed by atoms with E-state index in [0.29, 0.717) is 133 Å². The van der Waals surface area contributed by atoms with Crippen molar-refractivity contribution in [1.29, 1.82) is 0 Å². The first-order valence-electron chi connectivity index (χ1n) is 41.8. The summed E-state index contributed by atoms with van der Waals surface area (Å²) in [6.45, 7) is 25.2. The van der Waals surface area contributed by atoms with Crippen LogP contribution in [-0.4, -0.2) is 169 Å². The third-order valence-corrected chi connectivity index (χ3v) is 23.7. The molecule has 0 saturated carbocycles. The molecule has 131 heavy (non-hydrogen) atoms. The molecule has 35 heteroatoms. The van der Waals surface area contributed by atoms with E-state index < -0.39 is 45.9 Å². The van der Waals surface area contributed by atoms with E-state index in [1.165, 1.54) is 54.9 Å². The van der Waals surface area contributed by atoms with Gasteiger partial charge in [-0.2, -0.15) is 0 Å². The average molecular weight is 1920 g/mol. The summed E-state index contributed by atoms with van der Waals surface area (Å²) in [5, 5.41) is 25.0. The molecule has 8 amide bonds. The number of pyridine rings is 8. The number of carbonyl (C=O) groups excluding carboxylic acids is 9. The van der Waals surface area contributed by atoms with Crippen molar-refractivity contribution in [1.82, 2.24) is 79.1 Å². The minimum Gasteiger partial charge on any atom is -0.392 e. The number of halogens is 5. The Morgan fingerprint density at radius 2 is 0.611 bits per heavy atom. The van der Waals surface area contributed by atoms with Crippen LogP contribution in [0.5, 0.6) is 0 Å². The second-order valence-corrected chi connectivity index (χ2v) is 38.5. The van der Waals surface area contributed by atoms with Gasteiger partial charge >= 0.3 is 0 Å². The van der Waals surface area contributed by atoms with E-state index in [1.54, 1.807) is 159 Å². The van der Waals surface area contributed by atoms with Crippen molar-refractivity contribution in [2.75, 3.05) is 52.4 Å². The number of carbonyl (C=O) groups is 9. The molecule has 0 atom stereocenters. The van der Waals surface area contributed by atoms with E-state index in [0.717, 1.165) is 27.8 Å². The van der Waals surface area contributed by atoms with Crippen LogP contribution in [0.1, 0.15) is 141 Å². The van der Waals surface area contributed by atoms with Gasteiger partial charge in [-0.25, -0.2) is 19.9 Å². The maximum atomic E-state index is 13.3. The van der Waals surface area contributed by atoms with E-state index in [-0.39, 0.29) is 132 Å². The van der Waals surface area contributed by atoms with Crippen LogP contribution in [0, 0.1) is 21.7 Å². The molecule has 4 aliphatic heterocycles. The largest absolute Gasteiger partial charge is 0.392 e. The van der Waals surface area contributed by atoms with Gasteiger partial charge < -0.3 is 46.0 Å². The third-order valence-electron chi connectivity index (χ3n) is 22.3. The van der Waals surface area contributed by atoms with E-state index in [1.807, 2.05) is 0 Å². The summed E-state index contributed by atoms with van der Waals surface area (Å²) < 4.78 is 5.72. The highest BCUT2D eigenvalue weighted by Crippen LogP contribution is 2.33. The maximum Gasteiger partial charge on any atom is 0.265 e. The van der Waals surface area contributed by atoms with Crippen molar-refractivity contribution in [2.45, 2.75) is 114 Å². The highest BCUT2D eigenvalue weighted by atomic mass is 79.9. The average Bonchev–Trinajstić information content (AvgIpc) is 0.763. The number of hydrogen-bond acceptors (Lipinski definition) is 18. The highest BCUT2D eigenvalue weighted by molar-refractivity contribution is 9.10. The lowest BCUT2D eigenvalue weighted by atomic mass is 9.84. The van der Waals surface area contributed by atoms with Gasteiger partial charge in [-0.1, -0.05) is 163 Å². The standard InChI is InChI=1S/C25H25ClN4O3.C24H25ClN4O4.C24H23ClN4O4.C23H22BrClN4O3/c1-4-16-9-18-10-20(23(32)28-12-17-5-7-19(26)8-6-17)24(33)30(22(18)27-11-16)13-21(31)29-14-25(2,3)15-29;2*1-24(2)13-28(14-24)20(31)11-29-21-17(7-16(12-30)10-26-21)8-19(23(29)33)22(32)27-9-15-3-5-18(25)6-4-15;1-23(2)12-28(13-23)19(30)11-29-20-15(7-16(24)10-26-20)8-18(22(29)32)21(31)27-9-14-3-5-17(25)6-4-14/h4-11H,1,12-15H2,2-3H3,(H,28,32);3-8,10,30H,9,11-14H2,1-2H3,(H,27,32);3-8,10,12H,9,11,13-14H2,1-2H3,(H,27,32);3-8,10H,9,11-13H2,1-2H3,(H,27,31). The van der Waals surface area contributed by atoms with Gasteiger partial charge in [0.25, 0.3) is 45.9 Å². The van der Waals surface area contributed by atoms with Gasteiger partial charge in [0.2, 0.25) is 23.6 Å². The Morgan fingerprint density at radius 3 is 0.870 bits per heavy atom. The molecule has 4 aliphatic rings. The summed E-state index contributed by atoms with van der Waals surface area (Å²) in [6.07, 6.45) is 8.21. The van der Waals surface area contributed by atoms with Crippen LogP contribution in [-0.2, 0) is 78.1 Å². The van der Waals surface area contributed by atoms with Crippen molar-refractivity contribution in [2.24, 2.45) is 21.7 Å². The fraction of sp³-hybridized carbons (Fsp3) is 0.302. The fourth-order valence-electron chi connectivity index (χ4n) is 15.7. The second-order valence-electron chi connectivity index (χ2n) is 35.9. The minimum absolute atomic E-state index is 0.0388. The number of nitrogens with one attached hydrogen (secondary N) is 4. The minimum atomic E-state index is -0.615. The van der Waals surface area contributed by atoms with Crippen LogP contribution >= 0.6 is 62.3 Å². The lowest BCUT2D eigenvalue weighted by Gasteiger charge is -2.45. The van der Waals surface area contributed by atoms with Gasteiger partial charge in [-0.3, -0.25) is 80.6 Å². The summed E-state index contributed by atoms with van der Waals surface area (Å²) in [6, 6.07) is 40.8. The van der Waals surface area contributed by atoms with E-state index in [4.69, 9.17) is 46.4 Å². The molecule has 12 aromatic rings. The SMILES string of the molecule is C=Cc1cnc2c(c1)cc(C(=O)NCc1ccc(Cl)cc1)c(=O)n2CC(=O)N1CC(C)(C)C1.CC1(C)CN(C(=O)Cn2c(=O)c(C(=O)NCc3ccc(Cl)cc3)cc3cc(Br)cnc32)C1.CC1(C)CN(C(=O)Cn2c(=O)c(C(=O)NCc3ccc(Cl)cc3)cc3cc(C=O)cnc32)C1.CC1(C)CN(C(=O)Cn2c(=O)c(C(=O)NCc3ccc(Cl)cc3)cc3cc(CO)cnc32)C1. The number of benzene rings is 4. The number of fused-ring (bicyclic) bond motifs is 4. The van der Waals surface area contributed by atoms with Gasteiger partial charge in [0.1, 0.15) is 71.0 Å². The van der Waals surface area contributed by atoms with Crippen molar-refractivity contribution in [3.63, 3.8) is 0 Å². The molecule has 12 heterocycles. The number of aldehydes is 1. The predicted molar refractivity (Wildman–Crippen MR) is 505 cm³/mol. The number of likely N-dealkylation sites (tertiary alicyclic amines) is 4. The van der Waals surface area contributed by atoms with Gasteiger partial charge in [0, 0.05) is 155 Å². The van der Waals surface area contributed by atoms with Crippen LogP contribution in [0.25, 0.3) is 50.2 Å². The molecule has 0 bridgehead atoms. The first-order chi connectivity index (χ1) is 62.1. The van der Waals surface area contributed by atoms with Crippen LogP contribution in [0.4, 0.5) is 0 Å². The van der Waals surface area contributed by atoms with Gasteiger partial charge in [-0.15, -0.1) is 0 Å². The first kappa shape index (κ1) is 95.7.